The van der Waals surface area contributed by atoms with Gasteiger partial charge in [-0.25, -0.2) is 9.97 Å². The number of aryl methyl sites for hydroxylation is 1. The highest BCUT2D eigenvalue weighted by molar-refractivity contribution is 6.47. The van der Waals surface area contributed by atoms with Crippen molar-refractivity contribution in [3.8, 4) is 16.9 Å². The average molecular weight is 537 g/mol. The van der Waals surface area contributed by atoms with Gasteiger partial charge in [0.05, 0.1) is 17.3 Å². The van der Waals surface area contributed by atoms with Gasteiger partial charge >= 0.3 is 0 Å². The molecule has 0 bridgehead atoms. The van der Waals surface area contributed by atoms with Crippen LogP contribution in [0.4, 0.5) is 17.3 Å². The smallest absolute Gasteiger partial charge is 0.298 e. The Morgan fingerprint density at radius 1 is 1.05 bits per heavy atom. The zero-order chi connectivity index (χ0) is 27.8. The van der Waals surface area contributed by atoms with Crippen molar-refractivity contribution < 1.29 is 19.1 Å². The Morgan fingerprint density at radius 2 is 1.82 bits per heavy atom. The van der Waals surface area contributed by atoms with E-state index in [1.165, 1.54) is 12.4 Å². The number of ketones is 1. The predicted molar refractivity (Wildman–Crippen MR) is 151 cm³/mol. The summed E-state index contributed by atoms with van der Waals surface area (Å²) >= 11 is 0. The number of ether oxygens (including phenoxy) is 1. The SMILES string of the molecule is Cc1cc(-c2ccccc2)c(C(=O)C(=O)Nc2ccc3c(c2)OC[C@H]2CN(c4ncc(C=O)cn4)CCN32)n1C. The number of anilines is 3. The molecule has 0 saturated carbocycles. The zero-order valence-corrected chi connectivity index (χ0v) is 22.2. The molecule has 4 heterocycles. The maximum absolute atomic E-state index is 13.3. The summed E-state index contributed by atoms with van der Waals surface area (Å²) in [7, 11) is 1.79. The Labute approximate surface area is 231 Å². The van der Waals surface area contributed by atoms with Gasteiger partial charge in [0, 0.05) is 62.1 Å². The lowest BCUT2D eigenvalue weighted by molar-refractivity contribution is -0.112. The summed E-state index contributed by atoms with van der Waals surface area (Å²) < 4.78 is 7.84. The number of rotatable bonds is 6. The number of carbonyl (C=O) groups is 3. The number of nitrogens with zero attached hydrogens (tertiary/aromatic N) is 5. The Bertz CT molecular complexity index is 1600. The van der Waals surface area contributed by atoms with Crippen LogP contribution in [0.3, 0.4) is 0 Å². The first-order valence-corrected chi connectivity index (χ1v) is 13.1. The molecule has 0 aliphatic carbocycles. The molecule has 2 aromatic carbocycles. The molecule has 10 nitrogen and oxygen atoms in total. The molecule has 0 unspecified atom stereocenters. The van der Waals surface area contributed by atoms with Crippen molar-refractivity contribution in [2.45, 2.75) is 13.0 Å². The summed E-state index contributed by atoms with van der Waals surface area (Å²) in [5.74, 6) is -0.0715. The molecule has 1 atom stereocenters. The molecule has 2 aliphatic heterocycles. The van der Waals surface area contributed by atoms with Crippen molar-refractivity contribution in [3.05, 3.63) is 83.9 Å². The Hall–Kier alpha value is -4.99. The van der Waals surface area contributed by atoms with E-state index in [9.17, 15) is 14.4 Å². The molecule has 1 amide bonds. The van der Waals surface area contributed by atoms with E-state index in [1.54, 1.807) is 23.7 Å². The molecular formula is C30H28N6O4. The molecule has 202 valence electrons. The number of Topliss-reactive ketones (excluding diaryl/α,β-unsaturated/α-hetero) is 1. The van der Waals surface area contributed by atoms with Crippen molar-refractivity contribution in [2.75, 3.05) is 41.4 Å². The first-order valence-electron chi connectivity index (χ1n) is 13.1. The molecule has 40 heavy (non-hydrogen) atoms. The van der Waals surface area contributed by atoms with Crippen LogP contribution in [-0.4, -0.2) is 64.8 Å². The lowest BCUT2D eigenvalue weighted by Crippen LogP contribution is -2.57. The van der Waals surface area contributed by atoms with Crippen molar-refractivity contribution in [1.29, 1.82) is 0 Å². The molecule has 4 aromatic rings. The normalized spacial score (nSPS) is 16.0. The monoisotopic (exact) mass is 536 g/mol. The fraction of sp³-hybridized carbons (Fsp3) is 0.233. The lowest BCUT2D eigenvalue weighted by Gasteiger charge is -2.45. The molecule has 1 saturated heterocycles. The number of hydrogen-bond acceptors (Lipinski definition) is 8. The second-order valence-electron chi connectivity index (χ2n) is 9.98. The average Bonchev–Trinajstić information content (AvgIpc) is 3.30. The van der Waals surface area contributed by atoms with Crippen molar-refractivity contribution >= 4 is 35.3 Å². The molecule has 0 radical (unpaired) electrons. The zero-order valence-electron chi connectivity index (χ0n) is 22.2. The second-order valence-corrected chi connectivity index (χ2v) is 9.98. The number of nitrogens with one attached hydrogen (secondary N) is 1. The van der Waals surface area contributed by atoms with E-state index >= 15 is 0 Å². The van der Waals surface area contributed by atoms with Gasteiger partial charge in [0.15, 0.2) is 6.29 Å². The summed E-state index contributed by atoms with van der Waals surface area (Å²) in [6.45, 7) is 4.48. The Morgan fingerprint density at radius 3 is 2.58 bits per heavy atom. The molecule has 10 heteroatoms. The first-order chi connectivity index (χ1) is 19.4. The fourth-order valence-electron chi connectivity index (χ4n) is 5.32. The third kappa shape index (κ3) is 4.57. The molecule has 1 N–H and O–H groups in total. The summed E-state index contributed by atoms with van der Waals surface area (Å²) in [5.41, 5.74) is 4.70. The van der Waals surface area contributed by atoms with Crippen LogP contribution in [-0.2, 0) is 11.8 Å². The van der Waals surface area contributed by atoms with Gasteiger partial charge in [0.2, 0.25) is 5.95 Å². The van der Waals surface area contributed by atoms with E-state index in [0.717, 1.165) is 35.3 Å². The van der Waals surface area contributed by atoms with Gasteiger partial charge in [-0.1, -0.05) is 30.3 Å². The van der Waals surface area contributed by atoms with Crippen LogP contribution >= 0.6 is 0 Å². The van der Waals surface area contributed by atoms with Crippen molar-refractivity contribution in [2.24, 2.45) is 7.05 Å². The van der Waals surface area contributed by atoms with Gasteiger partial charge in [-0.3, -0.25) is 14.4 Å². The van der Waals surface area contributed by atoms with Crippen molar-refractivity contribution in [1.82, 2.24) is 14.5 Å². The van der Waals surface area contributed by atoms with Crippen LogP contribution in [0.2, 0.25) is 0 Å². The highest BCUT2D eigenvalue weighted by Crippen LogP contribution is 2.38. The first kappa shape index (κ1) is 25.3. The highest BCUT2D eigenvalue weighted by atomic mass is 16.5. The summed E-state index contributed by atoms with van der Waals surface area (Å²) in [6.07, 6.45) is 3.78. The van der Waals surface area contributed by atoms with Gasteiger partial charge in [-0.05, 0) is 30.7 Å². The van der Waals surface area contributed by atoms with Gasteiger partial charge in [-0.2, -0.15) is 0 Å². The number of carbonyl (C=O) groups excluding carboxylic acids is 3. The molecule has 0 spiro atoms. The van der Waals surface area contributed by atoms with E-state index in [1.807, 2.05) is 49.4 Å². The molecule has 1 fully saturated rings. The van der Waals surface area contributed by atoms with E-state index in [0.29, 0.717) is 48.3 Å². The number of hydrogen-bond donors (Lipinski definition) is 1. The fourth-order valence-corrected chi connectivity index (χ4v) is 5.32. The van der Waals surface area contributed by atoms with Crippen LogP contribution < -0.4 is 19.9 Å². The molecule has 6 rings (SSSR count). The number of fused-ring (bicyclic) bond motifs is 3. The maximum atomic E-state index is 13.3. The van der Waals surface area contributed by atoms with Gasteiger partial charge in [0.1, 0.15) is 18.1 Å². The minimum absolute atomic E-state index is 0.0922. The molecule has 2 aliphatic rings. The summed E-state index contributed by atoms with van der Waals surface area (Å²) in [6, 6.07) is 17.1. The third-order valence-electron chi connectivity index (χ3n) is 7.50. The van der Waals surface area contributed by atoms with Crippen LogP contribution in [0, 0.1) is 6.92 Å². The van der Waals surface area contributed by atoms with Crippen LogP contribution in [0.1, 0.15) is 26.5 Å². The molecule has 2 aromatic heterocycles. The maximum Gasteiger partial charge on any atom is 0.298 e. The minimum atomic E-state index is -0.707. The number of benzene rings is 2. The highest BCUT2D eigenvalue weighted by Gasteiger charge is 2.34. The second kappa shape index (κ2) is 10.3. The number of aromatic nitrogens is 3. The van der Waals surface area contributed by atoms with Crippen LogP contribution in [0.25, 0.3) is 11.1 Å². The van der Waals surface area contributed by atoms with Gasteiger partial charge in [-0.15, -0.1) is 0 Å². The Balaban J connectivity index is 1.17. The van der Waals surface area contributed by atoms with Gasteiger partial charge in [0.25, 0.3) is 11.7 Å². The Kier molecular flexibility index (Phi) is 6.51. The largest absolute Gasteiger partial charge is 0.489 e. The molecular weight excluding hydrogens is 508 g/mol. The van der Waals surface area contributed by atoms with Crippen molar-refractivity contribution in [3.63, 3.8) is 0 Å². The third-order valence-corrected chi connectivity index (χ3v) is 7.50. The minimum Gasteiger partial charge on any atom is -0.489 e. The lowest BCUT2D eigenvalue weighted by atomic mass is 10.0. The van der Waals surface area contributed by atoms with E-state index in [-0.39, 0.29) is 6.04 Å². The van der Waals surface area contributed by atoms with E-state index < -0.39 is 11.7 Å². The van der Waals surface area contributed by atoms with Crippen LogP contribution in [0.5, 0.6) is 5.75 Å². The summed E-state index contributed by atoms with van der Waals surface area (Å²) in [4.78, 5) is 50.3. The van der Waals surface area contributed by atoms with Gasteiger partial charge < -0.3 is 24.4 Å². The van der Waals surface area contributed by atoms with Crippen LogP contribution in [0.15, 0.2) is 67.0 Å². The van der Waals surface area contributed by atoms with E-state index in [2.05, 4.69) is 25.1 Å². The quantitative estimate of drug-likeness (QED) is 0.227. The number of aldehydes is 1. The standard InChI is InChI=1S/C30H28N6O4/c1-19-12-24(21-6-4-3-5-7-21)27(34(19)2)28(38)29(39)33-22-8-9-25-26(13-22)40-18-23-16-35(10-11-36(23)25)30-31-14-20(17-37)15-32-30/h3-9,12-15,17,23H,10-11,16,18H2,1-2H3,(H,33,39)/t23-/m1/s1. The van der Waals surface area contributed by atoms with E-state index in [4.69, 9.17) is 4.74 Å². The predicted octanol–water partition coefficient (Wildman–Crippen LogP) is 3.51. The number of amides is 1. The number of piperazine rings is 1. The summed E-state index contributed by atoms with van der Waals surface area (Å²) in [5, 5.41) is 2.77. The topological polar surface area (TPSA) is 110 Å².